The van der Waals surface area contributed by atoms with E-state index in [1.165, 1.54) is 5.56 Å². The monoisotopic (exact) mass is 279 g/mol. The minimum absolute atomic E-state index is 0.0473. The van der Waals surface area contributed by atoms with Gasteiger partial charge in [-0.1, -0.05) is 12.1 Å². The molecule has 0 heterocycles. The average molecular weight is 279 g/mol. The van der Waals surface area contributed by atoms with Crippen molar-refractivity contribution >= 4 is 5.97 Å². The molecule has 0 amide bonds. The lowest BCUT2D eigenvalue weighted by Crippen LogP contribution is -2.21. The van der Waals surface area contributed by atoms with Gasteiger partial charge in [0.1, 0.15) is 5.75 Å². The van der Waals surface area contributed by atoms with E-state index in [4.69, 9.17) is 9.47 Å². The van der Waals surface area contributed by atoms with Gasteiger partial charge in [0.05, 0.1) is 6.10 Å². The summed E-state index contributed by atoms with van der Waals surface area (Å²) in [6.45, 7) is 5.75. The zero-order valence-electron chi connectivity index (χ0n) is 12.8. The van der Waals surface area contributed by atoms with Gasteiger partial charge in [0.2, 0.25) is 0 Å². The normalized spacial score (nSPS) is 12.2. The lowest BCUT2D eigenvalue weighted by Gasteiger charge is -2.11. The molecule has 1 rings (SSSR count). The highest BCUT2D eigenvalue weighted by Gasteiger charge is 2.06. The summed E-state index contributed by atoms with van der Waals surface area (Å²) in [6.07, 6.45) is 2.01. The van der Waals surface area contributed by atoms with Gasteiger partial charge in [0.15, 0.2) is 6.61 Å². The number of carbonyl (C=O) groups is 1. The summed E-state index contributed by atoms with van der Waals surface area (Å²) < 4.78 is 10.4. The molecule has 1 aromatic carbocycles. The smallest absolute Gasteiger partial charge is 0.344 e. The Labute approximate surface area is 121 Å². The summed E-state index contributed by atoms with van der Waals surface area (Å²) in [5.74, 6) is 0.350. The number of aryl methyl sites for hydroxylation is 1. The maximum absolute atomic E-state index is 11.4. The molecule has 0 radical (unpaired) electrons. The highest BCUT2D eigenvalue weighted by Crippen LogP contribution is 2.14. The molecule has 20 heavy (non-hydrogen) atoms. The molecule has 0 aliphatic carbocycles. The topological polar surface area (TPSA) is 47.6 Å². The third-order valence-corrected chi connectivity index (χ3v) is 3.01. The van der Waals surface area contributed by atoms with E-state index in [1.807, 2.05) is 45.2 Å². The van der Waals surface area contributed by atoms with E-state index in [1.54, 1.807) is 0 Å². The van der Waals surface area contributed by atoms with Crippen molar-refractivity contribution in [3.8, 4) is 5.75 Å². The molecule has 0 saturated heterocycles. The van der Waals surface area contributed by atoms with E-state index in [0.717, 1.165) is 12.8 Å². The summed E-state index contributed by atoms with van der Waals surface area (Å²) in [7, 11) is 1.97. The highest BCUT2D eigenvalue weighted by atomic mass is 16.6. The van der Waals surface area contributed by atoms with Gasteiger partial charge in [-0.05, 0) is 58.4 Å². The van der Waals surface area contributed by atoms with Crippen molar-refractivity contribution in [2.75, 3.05) is 13.7 Å². The molecular weight excluding hydrogens is 254 g/mol. The molecular formula is C16H25NO3. The lowest BCUT2D eigenvalue weighted by atomic mass is 10.1. The Morgan fingerprint density at radius 1 is 1.20 bits per heavy atom. The van der Waals surface area contributed by atoms with Gasteiger partial charge in [-0.15, -0.1) is 0 Å². The van der Waals surface area contributed by atoms with E-state index in [0.29, 0.717) is 11.8 Å². The zero-order valence-corrected chi connectivity index (χ0v) is 12.8. The van der Waals surface area contributed by atoms with Crippen molar-refractivity contribution in [2.24, 2.45) is 0 Å². The Morgan fingerprint density at radius 2 is 1.85 bits per heavy atom. The van der Waals surface area contributed by atoms with Crippen molar-refractivity contribution < 1.29 is 14.3 Å². The summed E-state index contributed by atoms with van der Waals surface area (Å²) in [4.78, 5) is 11.4. The second-order valence-corrected chi connectivity index (χ2v) is 5.20. The van der Waals surface area contributed by atoms with Gasteiger partial charge in [-0.25, -0.2) is 4.79 Å². The van der Waals surface area contributed by atoms with E-state index in [-0.39, 0.29) is 18.7 Å². The van der Waals surface area contributed by atoms with E-state index < -0.39 is 0 Å². The highest BCUT2D eigenvalue weighted by molar-refractivity contribution is 5.71. The SMILES string of the molecule is CNC(C)CCc1ccc(OCC(=O)OC(C)C)cc1. The molecule has 112 valence electrons. The average Bonchev–Trinajstić information content (AvgIpc) is 2.43. The van der Waals surface area contributed by atoms with E-state index >= 15 is 0 Å². The number of benzene rings is 1. The first-order chi connectivity index (χ1) is 9.51. The Morgan fingerprint density at radius 3 is 2.40 bits per heavy atom. The van der Waals surface area contributed by atoms with E-state index in [9.17, 15) is 4.79 Å². The van der Waals surface area contributed by atoms with Crippen molar-refractivity contribution in [3.05, 3.63) is 29.8 Å². The Hall–Kier alpha value is -1.55. The fraction of sp³-hybridized carbons (Fsp3) is 0.562. The van der Waals surface area contributed by atoms with Crippen LogP contribution in [0.25, 0.3) is 0 Å². The quantitative estimate of drug-likeness (QED) is 0.743. The van der Waals surface area contributed by atoms with Crippen LogP contribution in [0.1, 0.15) is 32.8 Å². The standard InChI is InChI=1S/C16H25NO3/c1-12(2)20-16(18)11-19-15-9-7-14(8-10-15)6-5-13(3)17-4/h7-10,12-13,17H,5-6,11H2,1-4H3. The minimum atomic E-state index is -0.341. The third kappa shape index (κ3) is 6.57. The minimum Gasteiger partial charge on any atom is -0.482 e. The van der Waals surface area contributed by atoms with Crippen molar-refractivity contribution in [1.29, 1.82) is 0 Å². The maximum atomic E-state index is 11.4. The molecule has 4 heteroatoms. The molecule has 0 saturated carbocycles. The first-order valence-electron chi connectivity index (χ1n) is 7.09. The molecule has 0 aromatic heterocycles. The van der Waals surface area contributed by atoms with Crippen LogP contribution in [0.3, 0.4) is 0 Å². The number of ether oxygens (including phenoxy) is 2. The summed E-state index contributed by atoms with van der Waals surface area (Å²) in [6, 6.07) is 8.36. The summed E-state index contributed by atoms with van der Waals surface area (Å²) in [5.41, 5.74) is 1.27. The molecule has 1 atom stereocenters. The molecule has 1 N–H and O–H groups in total. The fourth-order valence-electron chi connectivity index (χ4n) is 1.72. The van der Waals surface area contributed by atoms with Gasteiger partial charge in [0.25, 0.3) is 0 Å². The number of nitrogens with one attached hydrogen (secondary N) is 1. The largest absolute Gasteiger partial charge is 0.482 e. The van der Waals surface area contributed by atoms with Crippen LogP contribution in [0.5, 0.6) is 5.75 Å². The van der Waals surface area contributed by atoms with Crippen LogP contribution < -0.4 is 10.1 Å². The first-order valence-corrected chi connectivity index (χ1v) is 7.09. The third-order valence-electron chi connectivity index (χ3n) is 3.01. The second-order valence-electron chi connectivity index (χ2n) is 5.20. The van der Waals surface area contributed by atoms with Crippen molar-refractivity contribution in [1.82, 2.24) is 5.32 Å². The molecule has 0 fully saturated rings. The number of hydrogen-bond donors (Lipinski definition) is 1. The molecule has 1 unspecified atom stereocenters. The Kier molecular flexibility index (Phi) is 7.09. The number of esters is 1. The van der Waals surface area contributed by atoms with Crippen LogP contribution in [0.2, 0.25) is 0 Å². The number of carbonyl (C=O) groups excluding carboxylic acids is 1. The predicted molar refractivity (Wildman–Crippen MR) is 80.0 cm³/mol. The van der Waals surface area contributed by atoms with Gasteiger partial charge >= 0.3 is 5.97 Å². The van der Waals surface area contributed by atoms with Crippen LogP contribution >= 0.6 is 0 Å². The number of rotatable bonds is 8. The zero-order chi connectivity index (χ0) is 15.0. The molecule has 4 nitrogen and oxygen atoms in total. The van der Waals surface area contributed by atoms with Gasteiger partial charge in [0, 0.05) is 6.04 Å². The van der Waals surface area contributed by atoms with Gasteiger partial charge in [-0.3, -0.25) is 0 Å². The van der Waals surface area contributed by atoms with Crippen LogP contribution in [0.15, 0.2) is 24.3 Å². The Balaban J connectivity index is 2.37. The molecule has 1 aromatic rings. The Bertz CT molecular complexity index is 401. The van der Waals surface area contributed by atoms with Crippen LogP contribution in [-0.2, 0) is 16.0 Å². The molecule has 0 aliphatic heterocycles. The molecule has 0 bridgehead atoms. The van der Waals surface area contributed by atoms with E-state index in [2.05, 4.69) is 12.2 Å². The van der Waals surface area contributed by atoms with Crippen LogP contribution in [0.4, 0.5) is 0 Å². The van der Waals surface area contributed by atoms with Crippen molar-refractivity contribution in [3.63, 3.8) is 0 Å². The summed E-state index contributed by atoms with van der Waals surface area (Å²) in [5, 5.41) is 3.22. The van der Waals surface area contributed by atoms with Gasteiger partial charge < -0.3 is 14.8 Å². The first kappa shape index (κ1) is 16.5. The maximum Gasteiger partial charge on any atom is 0.344 e. The predicted octanol–water partition coefficient (Wildman–Crippen LogP) is 2.56. The molecule has 0 aliphatic rings. The van der Waals surface area contributed by atoms with Gasteiger partial charge in [-0.2, -0.15) is 0 Å². The fourth-order valence-corrected chi connectivity index (χ4v) is 1.72. The van der Waals surface area contributed by atoms with Crippen LogP contribution in [0, 0.1) is 0 Å². The van der Waals surface area contributed by atoms with Crippen LogP contribution in [-0.4, -0.2) is 31.8 Å². The van der Waals surface area contributed by atoms with Crippen molar-refractivity contribution in [2.45, 2.75) is 45.8 Å². The summed E-state index contributed by atoms with van der Waals surface area (Å²) >= 11 is 0. The number of hydrogen-bond acceptors (Lipinski definition) is 4. The second kappa shape index (κ2) is 8.59. The lowest BCUT2D eigenvalue weighted by molar-refractivity contribution is -0.149. The molecule has 0 spiro atoms.